The van der Waals surface area contributed by atoms with E-state index in [1.807, 2.05) is 11.3 Å². The highest BCUT2D eigenvalue weighted by Gasteiger charge is 2.27. The third-order valence-electron chi connectivity index (χ3n) is 5.23. The van der Waals surface area contributed by atoms with Crippen molar-refractivity contribution in [2.24, 2.45) is 5.92 Å². The zero-order valence-corrected chi connectivity index (χ0v) is 16.7. The van der Waals surface area contributed by atoms with Crippen LogP contribution < -0.4 is 4.90 Å². The second kappa shape index (κ2) is 8.05. The lowest BCUT2D eigenvalue weighted by Gasteiger charge is -2.30. The molecule has 1 atom stereocenters. The van der Waals surface area contributed by atoms with Gasteiger partial charge < -0.3 is 9.42 Å². The summed E-state index contributed by atoms with van der Waals surface area (Å²) in [6, 6.07) is 0. The molecule has 0 saturated carbocycles. The van der Waals surface area contributed by atoms with Gasteiger partial charge in [-0.05, 0) is 38.1 Å². The molecule has 0 radical (unpaired) electrons. The lowest BCUT2D eigenvalue weighted by Crippen LogP contribution is -2.33. The summed E-state index contributed by atoms with van der Waals surface area (Å²) < 4.78 is 5.57. The summed E-state index contributed by atoms with van der Waals surface area (Å²) in [6.45, 7) is 9.81. The van der Waals surface area contributed by atoms with E-state index in [4.69, 9.17) is 4.52 Å². The first kappa shape index (κ1) is 17.9. The van der Waals surface area contributed by atoms with Gasteiger partial charge in [-0.25, -0.2) is 4.98 Å². The van der Waals surface area contributed by atoms with Crippen molar-refractivity contribution in [1.82, 2.24) is 20.0 Å². The first-order valence-electron chi connectivity index (χ1n) is 9.92. The molecule has 2 aliphatic heterocycles. The molecular formula is C19H29N5OS. The highest BCUT2D eigenvalue weighted by atomic mass is 32.1. The number of anilines is 1. The Bertz CT molecular complexity index is 706. The molecule has 2 aliphatic rings. The van der Waals surface area contributed by atoms with E-state index >= 15 is 0 Å². The van der Waals surface area contributed by atoms with Gasteiger partial charge in [-0.2, -0.15) is 4.98 Å². The summed E-state index contributed by atoms with van der Waals surface area (Å²) in [4.78, 5) is 15.6. The van der Waals surface area contributed by atoms with Gasteiger partial charge in [0.25, 0.3) is 0 Å². The standard InChI is InChI=1S/C19H29N5OS/c1-14(2)10-17-21-18(25-22-17)15-6-5-7-23(12-15)13-16-11-20-19(26-16)24-8-3-4-9-24/h11,14-15H,3-10,12-13H2,1-2H3. The quantitative estimate of drug-likeness (QED) is 0.767. The van der Waals surface area contributed by atoms with E-state index in [0.717, 1.165) is 57.3 Å². The van der Waals surface area contributed by atoms with Crippen molar-refractivity contribution in [2.75, 3.05) is 31.1 Å². The number of likely N-dealkylation sites (tertiary alicyclic amines) is 1. The number of nitrogens with zero attached hydrogens (tertiary/aromatic N) is 5. The molecule has 0 amide bonds. The summed E-state index contributed by atoms with van der Waals surface area (Å²) in [5, 5.41) is 5.37. The van der Waals surface area contributed by atoms with Crippen molar-refractivity contribution >= 4 is 16.5 Å². The zero-order valence-electron chi connectivity index (χ0n) is 15.9. The molecular weight excluding hydrogens is 346 g/mol. The van der Waals surface area contributed by atoms with Gasteiger partial charge in [0.05, 0.1) is 5.92 Å². The minimum absolute atomic E-state index is 0.364. The molecule has 2 aromatic heterocycles. The molecule has 4 heterocycles. The van der Waals surface area contributed by atoms with E-state index in [1.54, 1.807) is 0 Å². The Balaban J connectivity index is 1.35. The molecule has 2 aromatic rings. The maximum absolute atomic E-state index is 5.57. The number of hydrogen-bond acceptors (Lipinski definition) is 7. The van der Waals surface area contributed by atoms with E-state index in [9.17, 15) is 0 Å². The summed E-state index contributed by atoms with van der Waals surface area (Å²) >= 11 is 1.85. The van der Waals surface area contributed by atoms with Gasteiger partial charge in [0.15, 0.2) is 11.0 Å². The maximum atomic E-state index is 5.57. The highest BCUT2D eigenvalue weighted by molar-refractivity contribution is 7.15. The third-order valence-corrected chi connectivity index (χ3v) is 6.27. The molecule has 7 heteroatoms. The van der Waals surface area contributed by atoms with Crippen LogP contribution in [0.15, 0.2) is 10.7 Å². The Morgan fingerprint density at radius 2 is 2.08 bits per heavy atom. The Morgan fingerprint density at radius 1 is 1.23 bits per heavy atom. The van der Waals surface area contributed by atoms with Crippen LogP contribution in [0.25, 0.3) is 0 Å². The third kappa shape index (κ3) is 4.26. The summed E-state index contributed by atoms with van der Waals surface area (Å²) in [6.07, 6.45) is 7.87. The van der Waals surface area contributed by atoms with Gasteiger partial charge in [-0.15, -0.1) is 11.3 Å². The summed E-state index contributed by atoms with van der Waals surface area (Å²) in [7, 11) is 0. The molecule has 2 fully saturated rings. The van der Waals surface area contributed by atoms with Gasteiger partial charge >= 0.3 is 0 Å². The molecule has 0 spiro atoms. The molecule has 0 aromatic carbocycles. The average molecular weight is 376 g/mol. The molecule has 6 nitrogen and oxygen atoms in total. The Labute approximate surface area is 159 Å². The Kier molecular flexibility index (Phi) is 5.55. The van der Waals surface area contributed by atoms with E-state index in [-0.39, 0.29) is 0 Å². The van der Waals surface area contributed by atoms with Crippen molar-refractivity contribution in [1.29, 1.82) is 0 Å². The first-order chi connectivity index (χ1) is 12.7. The van der Waals surface area contributed by atoms with Crippen LogP contribution in [0.2, 0.25) is 0 Å². The second-order valence-corrected chi connectivity index (χ2v) is 9.12. The Hall–Kier alpha value is -1.47. The largest absolute Gasteiger partial charge is 0.348 e. The molecule has 0 aliphatic carbocycles. The van der Waals surface area contributed by atoms with Crippen LogP contribution in [-0.4, -0.2) is 46.2 Å². The first-order valence-corrected chi connectivity index (χ1v) is 10.7. The number of rotatable bonds is 6. The summed E-state index contributed by atoms with van der Waals surface area (Å²) in [5.41, 5.74) is 0. The van der Waals surface area contributed by atoms with Gasteiger partial charge in [0, 0.05) is 43.7 Å². The van der Waals surface area contributed by atoms with Crippen LogP contribution in [0, 0.1) is 5.92 Å². The highest BCUT2D eigenvalue weighted by Crippen LogP contribution is 2.30. The van der Waals surface area contributed by atoms with E-state index in [1.165, 1.54) is 29.3 Å². The van der Waals surface area contributed by atoms with Crippen LogP contribution in [-0.2, 0) is 13.0 Å². The lowest BCUT2D eigenvalue weighted by atomic mass is 9.98. The topological polar surface area (TPSA) is 58.3 Å². The van der Waals surface area contributed by atoms with Crippen molar-refractivity contribution in [3.63, 3.8) is 0 Å². The number of piperidine rings is 1. The molecule has 1 unspecified atom stereocenters. The second-order valence-electron chi connectivity index (χ2n) is 8.02. The fourth-order valence-electron chi connectivity index (χ4n) is 3.93. The van der Waals surface area contributed by atoms with Crippen LogP contribution in [0.5, 0.6) is 0 Å². The minimum Gasteiger partial charge on any atom is -0.348 e. The molecule has 4 rings (SSSR count). The maximum Gasteiger partial charge on any atom is 0.231 e. The van der Waals surface area contributed by atoms with Crippen LogP contribution in [0.4, 0.5) is 5.13 Å². The number of thiazole rings is 1. The average Bonchev–Trinajstić information content (AvgIpc) is 3.36. The number of aromatic nitrogens is 3. The molecule has 0 N–H and O–H groups in total. The molecule has 26 heavy (non-hydrogen) atoms. The smallest absolute Gasteiger partial charge is 0.231 e. The normalized spacial score (nSPS) is 21.8. The molecule has 142 valence electrons. The zero-order chi connectivity index (χ0) is 17.9. The van der Waals surface area contributed by atoms with E-state index in [0.29, 0.717) is 11.8 Å². The predicted molar refractivity (Wildman–Crippen MR) is 104 cm³/mol. The van der Waals surface area contributed by atoms with Gasteiger partial charge in [0.2, 0.25) is 5.89 Å². The van der Waals surface area contributed by atoms with Crippen LogP contribution in [0.3, 0.4) is 0 Å². The van der Waals surface area contributed by atoms with Crippen molar-refractivity contribution < 1.29 is 4.52 Å². The number of hydrogen-bond donors (Lipinski definition) is 0. The van der Waals surface area contributed by atoms with Gasteiger partial charge in [-0.3, -0.25) is 4.90 Å². The van der Waals surface area contributed by atoms with Crippen LogP contribution in [0.1, 0.15) is 62.0 Å². The van der Waals surface area contributed by atoms with Gasteiger partial charge in [0.1, 0.15) is 0 Å². The van der Waals surface area contributed by atoms with E-state index in [2.05, 4.69) is 45.0 Å². The molecule has 2 saturated heterocycles. The SMILES string of the molecule is CC(C)Cc1noc(C2CCCN(Cc3cnc(N4CCCC4)s3)C2)n1. The lowest BCUT2D eigenvalue weighted by molar-refractivity contribution is 0.181. The van der Waals surface area contributed by atoms with E-state index < -0.39 is 0 Å². The Morgan fingerprint density at radius 3 is 2.88 bits per heavy atom. The van der Waals surface area contributed by atoms with Gasteiger partial charge in [-0.1, -0.05) is 19.0 Å². The monoisotopic (exact) mass is 375 g/mol. The fourth-order valence-corrected chi connectivity index (χ4v) is 4.93. The van der Waals surface area contributed by atoms with Crippen LogP contribution >= 0.6 is 11.3 Å². The minimum atomic E-state index is 0.364. The van der Waals surface area contributed by atoms with Crippen molar-refractivity contribution in [3.8, 4) is 0 Å². The molecule has 0 bridgehead atoms. The van der Waals surface area contributed by atoms with Crippen molar-refractivity contribution in [3.05, 3.63) is 22.8 Å². The summed E-state index contributed by atoms with van der Waals surface area (Å²) in [5.74, 6) is 2.60. The van der Waals surface area contributed by atoms with Crippen molar-refractivity contribution in [2.45, 2.75) is 58.4 Å². The fraction of sp³-hybridized carbons (Fsp3) is 0.737. The predicted octanol–water partition coefficient (Wildman–Crippen LogP) is 3.70.